The van der Waals surface area contributed by atoms with Crippen LogP contribution in [-0.4, -0.2) is 21.6 Å². The molecule has 0 aliphatic rings. The Morgan fingerprint density at radius 1 is 1.37 bits per heavy atom. The smallest absolute Gasteiger partial charge is 0.276 e. The standard InChI is InChI=1S/C13H14ClN3O2/c1-9-11(8-15-12(18)7-14)13(19)17(16-9)10-5-3-2-4-6-10/h2-6,16H,7-8H2,1H3,(H,15,18). The number of hydrogen-bond acceptors (Lipinski definition) is 2. The van der Waals surface area contributed by atoms with Gasteiger partial charge in [0.15, 0.2) is 0 Å². The highest BCUT2D eigenvalue weighted by molar-refractivity contribution is 6.27. The number of aryl methyl sites for hydroxylation is 1. The third-order valence-electron chi connectivity index (χ3n) is 2.79. The summed E-state index contributed by atoms with van der Waals surface area (Å²) in [6.45, 7) is 1.97. The summed E-state index contributed by atoms with van der Waals surface area (Å²) in [5, 5.41) is 5.58. The fraction of sp³-hybridized carbons (Fsp3) is 0.231. The molecule has 1 aromatic carbocycles. The number of aromatic amines is 1. The lowest BCUT2D eigenvalue weighted by Crippen LogP contribution is -2.27. The first-order valence-electron chi connectivity index (χ1n) is 5.82. The molecule has 0 atom stereocenters. The number of H-pyrrole nitrogens is 1. The number of carbonyl (C=O) groups excluding carboxylic acids is 1. The van der Waals surface area contributed by atoms with E-state index in [0.29, 0.717) is 5.56 Å². The molecule has 100 valence electrons. The first kappa shape index (κ1) is 13.4. The van der Waals surface area contributed by atoms with E-state index >= 15 is 0 Å². The Morgan fingerprint density at radius 3 is 2.68 bits per heavy atom. The first-order valence-corrected chi connectivity index (χ1v) is 6.35. The zero-order valence-electron chi connectivity index (χ0n) is 10.4. The number of amides is 1. The predicted molar refractivity (Wildman–Crippen MR) is 73.7 cm³/mol. The quantitative estimate of drug-likeness (QED) is 0.829. The lowest BCUT2D eigenvalue weighted by molar-refractivity contribution is -0.118. The van der Waals surface area contributed by atoms with Crippen molar-refractivity contribution in [2.75, 3.05) is 5.88 Å². The second-order valence-corrected chi connectivity index (χ2v) is 4.37. The van der Waals surface area contributed by atoms with Crippen LogP contribution in [-0.2, 0) is 11.3 Å². The van der Waals surface area contributed by atoms with Crippen molar-refractivity contribution in [1.29, 1.82) is 0 Å². The minimum atomic E-state index is -0.298. The largest absolute Gasteiger partial charge is 0.351 e. The molecule has 1 heterocycles. The number of para-hydroxylation sites is 1. The third kappa shape index (κ3) is 2.88. The van der Waals surface area contributed by atoms with Crippen molar-refractivity contribution in [3.63, 3.8) is 0 Å². The van der Waals surface area contributed by atoms with Crippen LogP contribution in [0.5, 0.6) is 0 Å². The van der Waals surface area contributed by atoms with E-state index < -0.39 is 0 Å². The van der Waals surface area contributed by atoms with Crippen LogP contribution in [0.2, 0.25) is 0 Å². The Labute approximate surface area is 115 Å². The number of benzene rings is 1. The topological polar surface area (TPSA) is 66.9 Å². The summed E-state index contributed by atoms with van der Waals surface area (Å²) in [7, 11) is 0. The molecule has 2 N–H and O–H groups in total. The molecule has 0 spiro atoms. The summed E-state index contributed by atoms with van der Waals surface area (Å²) in [5.41, 5.74) is 1.84. The van der Waals surface area contributed by atoms with Gasteiger partial charge < -0.3 is 5.32 Å². The van der Waals surface area contributed by atoms with Gasteiger partial charge >= 0.3 is 0 Å². The number of alkyl halides is 1. The summed E-state index contributed by atoms with van der Waals surface area (Å²) < 4.78 is 1.46. The summed E-state index contributed by atoms with van der Waals surface area (Å²) in [4.78, 5) is 23.4. The molecule has 1 amide bonds. The SMILES string of the molecule is Cc1[nH]n(-c2ccccc2)c(=O)c1CNC(=O)CCl. The summed E-state index contributed by atoms with van der Waals surface area (Å²) in [6, 6.07) is 9.25. The molecule has 0 radical (unpaired) electrons. The monoisotopic (exact) mass is 279 g/mol. The number of rotatable bonds is 4. The lowest BCUT2D eigenvalue weighted by atomic mass is 10.2. The van der Waals surface area contributed by atoms with Crippen LogP contribution >= 0.6 is 11.6 Å². The molecule has 0 saturated heterocycles. The van der Waals surface area contributed by atoms with Gasteiger partial charge in [-0.3, -0.25) is 14.7 Å². The highest BCUT2D eigenvalue weighted by Crippen LogP contribution is 2.06. The molecule has 0 aliphatic carbocycles. The van der Waals surface area contributed by atoms with E-state index in [1.807, 2.05) is 30.3 Å². The zero-order chi connectivity index (χ0) is 13.8. The molecular formula is C13H14ClN3O2. The van der Waals surface area contributed by atoms with Crippen molar-refractivity contribution in [2.24, 2.45) is 0 Å². The van der Waals surface area contributed by atoms with Gasteiger partial charge in [-0.2, -0.15) is 0 Å². The van der Waals surface area contributed by atoms with Gasteiger partial charge in [0.25, 0.3) is 5.56 Å². The predicted octanol–water partition coefficient (Wildman–Crippen LogP) is 1.33. The van der Waals surface area contributed by atoms with Gasteiger partial charge in [-0.05, 0) is 19.1 Å². The lowest BCUT2D eigenvalue weighted by Gasteiger charge is -2.00. The average Bonchev–Trinajstić information content (AvgIpc) is 2.72. The number of aromatic nitrogens is 2. The van der Waals surface area contributed by atoms with Crippen LogP contribution in [0, 0.1) is 6.92 Å². The summed E-state index contributed by atoms with van der Waals surface area (Å²) >= 11 is 5.40. The fourth-order valence-corrected chi connectivity index (χ4v) is 1.88. The number of carbonyl (C=O) groups is 1. The molecule has 2 rings (SSSR count). The van der Waals surface area contributed by atoms with E-state index in [-0.39, 0.29) is 23.9 Å². The maximum Gasteiger partial charge on any atom is 0.276 e. The minimum Gasteiger partial charge on any atom is -0.351 e. The molecule has 0 saturated carbocycles. The van der Waals surface area contributed by atoms with Crippen molar-refractivity contribution in [1.82, 2.24) is 15.1 Å². The first-order chi connectivity index (χ1) is 9.13. The van der Waals surface area contributed by atoms with Gasteiger partial charge in [-0.25, -0.2) is 4.68 Å². The van der Waals surface area contributed by atoms with Crippen LogP contribution in [0.25, 0.3) is 5.69 Å². The fourth-order valence-electron chi connectivity index (χ4n) is 1.78. The molecule has 6 heteroatoms. The van der Waals surface area contributed by atoms with Crippen LogP contribution in [0.3, 0.4) is 0 Å². The Bertz CT molecular complexity index is 631. The number of nitrogens with zero attached hydrogens (tertiary/aromatic N) is 1. The van der Waals surface area contributed by atoms with Crippen LogP contribution in [0.4, 0.5) is 0 Å². The van der Waals surface area contributed by atoms with Gasteiger partial charge in [-0.15, -0.1) is 11.6 Å². The second-order valence-electron chi connectivity index (χ2n) is 4.10. The van der Waals surface area contributed by atoms with E-state index in [0.717, 1.165) is 11.4 Å². The maximum absolute atomic E-state index is 12.2. The Kier molecular flexibility index (Phi) is 4.06. The second kappa shape index (κ2) is 5.75. The van der Waals surface area contributed by atoms with E-state index in [9.17, 15) is 9.59 Å². The Hall–Kier alpha value is -2.01. The maximum atomic E-state index is 12.2. The Morgan fingerprint density at radius 2 is 2.05 bits per heavy atom. The normalized spacial score (nSPS) is 10.4. The summed E-state index contributed by atoms with van der Waals surface area (Å²) in [5.74, 6) is -0.413. The van der Waals surface area contributed by atoms with Gasteiger partial charge in [0, 0.05) is 5.69 Å². The highest BCUT2D eigenvalue weighted by Gasteiger charge is 2.12. The molecule has 2 aromatic rings. The third-order valence-corrected chi connectivity index (χ3v) is 3.03. The minimum absolute atomic E-state index is 0.115. The van der Waals surface area contributed by atoms with E-state index in [1.165, 1.54) is 4.68 Å². The summed E-state index contributed by atoms with van der Waals surface area (Å²) in [6.07, 6.45) is 0. The molecule has 0 fully saturated rings. The van der Waals surface area contributed by atoms with Crippen molar-refractivity contribution in [2.45, 2.75) is 13.5 Å². The molecule has 0 bridgehead atoms. The Balaban J connectivity index is 2.30. The molecule has 1 aromatic heterocycles. The molecular weight excluding hydrogens is 266 g/mol. The molecule has 0 aliphatic heterocycles. The van der Waals surface area contributed by atoms with Crippen LogP contribution in [0.15, 0.2) is 35.1 Å². The van der Waals surface area contributed by atoms with Crippen molar-refractivity contribution in [3.8, 4) is 5.69 Å². The zero-order valence-corrected chi connectivity index (χ0v) is 11.2. The molecule has 19 heavy (non-hydrogen) atoms. The van der Waals surface area contributed by atoms with Gasteiger partial charge in [0.2, 0.25) is 5.91 Å². The highest BCUT2D eigenvalue weighted by atomic mass is 35.5. The number of halogens is 1. The molecule has 0 unspecified atom stereocenters. The number of hydrogen-bond donors (Lipinski definition) is 2. The van der Waals surface area contributed by atoms with E-state index in [4.69, 9.17) is 11.6 Å². The van der Waals surface area contributed by atoms with Crippen molar-refractivity contribution >= 4 is 17.5 Å². The van der Waals surface area contributed by atoms with E-state index in [2.05, 4.69) is 10.4 Å². The van der Waals surface area contributed by atoms with Gasteiger partial charge in [-0.1, -0.05) is 18.2 Å². The van der Waals surface area contributed by atoms with E-state index in [1.54, 1.807) is 6.92 Å². The van der Waals surface area contributed by atoms with Crippen molar-refractivity contribution in [3.05, 3.63) is 51.9 Å². The average molecular weight is 280 g/mol. The number of nitrogens with one attached hydrogen (secondary N) is 2. The van der Waals surface area contributed by atoms with Gasteiger partial charge in [0.05, 0.1) is 17.8 Å². The van der Waals surface area contributed by atoms with Gasteiger partial charge in [0.1, 0.15) is 5.88 Å². The molecule has 5 nitrogen and oxygen atoms in total. The van der Waals surface area contributed by atoms with Crippen LogP contribution in [0.1, 0.15) is 11.3 Å². The van der Waals surface area contributed by atoms with Crippen molar-refractivity contribution < 1.29 is 4.79 Å². The van der Waals surface area contributed by atoms with Crippen LogP contribution < -0.4 is 10.9 Å².